The van der Waals surface area contributed by atoms with E-state index in [0.29, 0.717) is 0 Å². The number of rotatable bonds is 13. The monoisotopic (exact) mass is 426 g/mol. The quantitative estimate of drug-likeness (QED) is 0.174. The molecule has 0 bridgehead atoms. The van der Waals surface area contributed by atoms with E-state index in [-0.39, 0.29) is 0 Å². The molecule has 170 valence electrons. The second-order valence-corrected chi connectivity index (χ2v) is 7.48. The normalized spacial score (nSPS) is 11.1. The Labute approximate surface area is 187 Å². The van der Waals surface area contributed by atoms with E-state index >= 15 is 0 Å². The third-order valence-electron chi connectivity index (χ3n) is 5.02. The average Bonchev–Trinajstić information content (AvgIpc) is 2.98. The number of nitrogens with one attached hydrogen (secondary N) is 3. The highest BCUT2D eigenvalue weighted by atomic mass is 16.1. The van der Waals surface area contributed by atoms with Crippen LogP contribution in [0.2, 0.25) is 0 Å². The number of fused-ring (bicyclic) bond motifs is 1. The van der Waals surface area contributed by atoms with Crippen LogP contribution < -0.4 is 5.43 Å². The number of carbonyl (C=O) groups excluding carboxylic acids is 2. The minimum atomic E-state index is 0.750. The van der Waals surface area contributed by atoms with Crippen LogP contribution in [-0.4, -0.2) is 17.9 Å². The highest BCUT2D eigenvalue weighted by molar-refractivity contribution is 6.00. The van der Waals surface area contributed by atoms with E-state index in [9.17, 15) is 0 Å². The Balaban J connectivity index is 0.00000134. The van der Waals surface area contributed by atoms with Gasteiger partial charge in [0.1, 0.15) is 0 Å². The van der Waals surface area contributed by atoms with E-state index < -0.39 is 0 Å². The molecule has 0 spiro atoms. The molecular weight excluding hydrogens is 388 g/mol. The van der Waals surface area contributed by atoms with Crippen LogP contribution in [0.4, 0.5) is 5.69 Å². The molecule has 0 radical (unpaired) electrons. The summed E-state index contributed by atoms with van der Waals surface area (Å²) >= 11 is 0. The lowest BCUT2D eigenvalue weighted by Crippen LogP contribution is -1.97. The summed E-state index contributed by atoms with van der Waals surface area (Å²) < 4.78 is 0. The summed E-state index contributed by atoms with van der Waals surface area (Å²) in [4.78, 5) is 16.7. The number of hydrazone groups is 1. The topological polar surface area (TPSA) is 106 Å². The summed E-state index contributed by atoms with van der Waals surface area (Å²) in [5, 5.41) is 15.3. The highest BCUT2D eigenvalue weighted by Crippen LogP contribution is 2.20. The number of para-hydroxylation sites is 1. The van der Waals surface area contributed by atoms with Crippen LogP contribution in [0.3, 0.4) is 0 Å². The number of allylic oxidation sites excluding steroid dienone is 1. The van der Waals surface area contributed by atoms with E-state index in [4.69, 9.17) is 20.4 Å². The second-order valence-electron chi connectivity index (χ2n) is 7.48. The Kier molecular flexibility index (Phi) is 19.9. The molecule has 6 heteroatoms. The van der Waals surface area contributed by atoms with Gasteiger partial charge in [0.2, 0.25) is 12.2 Å². The minimum absolute atomic E-state index is 0.750. The molecule has 31 heavy (non-hydrogen) atoms. The molecule has 0 amide bonds. The molecule has 1 aliphatic heterocycles. The molecule has 0 fully saturated rings. The number of hydrogen-bond acceptors (Lipinski definition) is 6. The first-order valence-electron chi connectivity index (χ1n) is 11.4. The Hall–Kier alpha value is -2.81. The van der Waals surface area contributed by atoms with Gasteiger partial charge in [0.15, 0.2) is 0 Å². The third kappa shape index (κ3) is 16.7. The zero-order chi connectivity index (χ0) is 23.0. The van der Waals surface area contributed by atoms with Crippen molar-refractivity contribution >= 4 is 29.6 Å². The lowest BCUT2D eigenvalue weighted by molar-refractivity contribution is 0.546. The summed E-state index contributed by atoms with van der Waals surface area (Å²) in [5.41, 5.74) is 6.68. The van der Waals surface area contributed by atoms with E-state index in [2.05, 4.69) is 47.8 Å². The summed E-state index contributed by atoms with van der Waals surface area (Å²) in [6.45, 7) is 2.29. The van der Waals surface area contributed by atoms with Crippen molar-refractivity contribution in [3.63, 3.8) is 0 Å². The first kappa shape index (κ1) is 28.2. The maximum Gasteiger partial charge on any atom is 0.231 e. The van der Waals surface area contributed by atoms with Crippen molar-refractivity contribution in [1.29, 1.82) is 10.8 Å². The van der Waals surface area contributed by atoms with Gasteiger partial charge in [-0.3, -0.25) is 5.43 Å². The van der Waals surface area contributed by atoms with Crippen molar-refractivity contribution in [2.24, 2.45) is 5.10 Å². The molecule has 1 aliphatic rings. The van der Waals surface area contributed by atoms with Gasteiger partial charge in [0, 0.05) is 0 Å². The molecule has 0 saturated heterocycles. The van der Waals surface area contributed by atoms with E-state index in [0.717, 1.165) is 24.3 Å². The van der Waals surface area contributed by atoms with Gasteiger partial charge in [0.05, 0.1) is 11.4 Å². The predicted molar refractivity (Wildman–Crippen MR) is 129 cm³/mol. The lowest BCUT2D eigenvalue weighted by atomic mass is 10.0. The molecule has 0 saturated carbocycles. The third-order valence-corrected chi connectivity index (χ3v) is 5.02. The fourth-order valence-corrected chi connectivity index (χ4v) is 3.39. The SMILES string of the molecule is CCCCCCCCCCCCCCC1=NNc2ccccc2C=C1.N=C=O.N=C=O. The lowest BCUT2D eigenvalue weighted by Gasteiger charge is -2.04. The molecule has 1 aromatic carbocycles. The van der Waals surface area contributed by atoms with Gasteiger partial charge < -0.3 is 0 Å². The highest BCUT2D eigenvalue weighted by Gasteiger charge is 2.03. The molecule has 0 aromatic heterocycles. The smallest absolute Gasteiger partial charge is 0.231 e. The Morgan fingerprint density at radius 3 is 1.81 bits per heavy atom. The van der Waals surface area contributed by atoms with Crippen molar-refractivity contribution in [3.8, 4) is 0 Å². The molecule has 2 rings (SSSR count). The fraction of sp³-hybridized carbons (Fsp3) is 0.560. The van der Waals surface area contributed by atoms with Crippen LogP contribution in [0.5, 0.6) is 0 Å². The average molecular weight is 427 g/mol. The standard InChI is InChI=1S/C23H36N2.2CHNO/c1-2-3-4-5-6-7-8-9-10-11-12-13-17-22-20-19-21-16-14-15-18-23(21)25-24-22;2*2-1-3/h14-16,18-20,25H,2-13,17H2,1H3;2*2H. The Morgan fingerprint density at radius 1 is 0.774 bits per heavy atom. The van der Waals surface area contributed by atoms with E-state index in [1.165, 1.54) is 88.3 Å². The molecule has 6 nitrogen and oxygen atoms in total. The van der Waals surface area contributed by atoms with Crippen molar-refractivity contribution in [1.82, 2.24) is 0 Å². The number of isocyanates is 2. The fourth-order valence-electron chi connectivity index (χ4n) is 3.39. The Morgan fingerprint density at radius 2 is 1.26 bits per heavy atom. The summed E-state index contributed by atoms with van der Waals surface area (Å²) in [5.74, 6) is 0. The van der Waals surface area contributed by atoms with E-state index in [1.807, 2.05) is 6.07 Å². The van der Waals surface area contributed by atoms with Crippen LogP contribution in [0.25, 0.3) is 6.08 Å². The molecule has 1 aromatic rings. The molecule has 3 N–H and O–H groups in total. The second kappa shape index (κ2) is 21.9. The number of hydrogen-bond donors (Lipinski definition) is 3. The van der Waals surface area contributed by atoms with E-state index in [1.54, 1.807) is 0 Å². The van der Waals surface area contributed by atoms with Crippen LogP contribution >= 0.6 is 0 Å². The number of benzene rings is 1. The van der Waals surface area contributed by atoms with Crippen LogP contribution in [0.1, 0.15) is 96.0 Å². The van der Waals surface area contributed by atoms with Crippen molar-refractivity contribution in [3.05, 3.63) is 35.9 Å². The van der Waals surface area contributed by atoms with Crippen LogP contribution in [-0.2, 0) is 9.59 Å². The molecule has 0 atom stereocenters. The van der Waals surface area contributed by atoms with Crippen LogP contribution in [0, 0.1) is 10.8 Å². The molecule has 0 aliphatic carbocycles. The van der Waals surface area contributed by atoms with Crippen molar-refractivity contribution in [2.75, 3.05) is 5.43 Å². The van der Waals surface area contributed by atoms with Gasteiger partial charge in [-0.05, 0) is 30.5 Å². The van der Waals surface area contributed by atoms with Gasteiger partial charge in [-0.2, -0.15) is 5.10 Å². The Bertz CT molecular complexity index is 689. The summed E-state index contributed by atoms with van der Waals surface area (Å²) in [6, 6.07) is 8.32. The van der Waals surface area contributed by atoms with Gasteiger partial charge in [0.25, 0.3) is 0 Å². The maximum atomic E-state index is 8.35. The predicted octanol–water partition coefficient (Wildman–Crippen LogP) is 7.37. The number of nitrogens with zero attached hydrogens (tertiary/aromatic N) is 1. The zero-order valence-corrected chi connectivity index (χ0v) is 18.9. The molecule has 0 unspecified atom stereocenters. The van der Waals surface area contributed by atoms with Gasteiger partial charge in [-0.25, -0.2) is 20.4 Å². The van der Waals surface area contributed by atoms with Crippen molar-refractivity contribution in [2.45, 2.75) is 90.4 Å². The first-order chi connectivity index (χ1) is 15.2. The number of anilines is 1. The summed E-state index contributed by atoms with van der Waals surface area (Å²) in [6.07, 6.45) is 23.7. The summed E-state index contributed by atoms with van der Waals surface area (Å²) in [7, 11) is 0. The van der Waals surface area contributed by atoms with Crippen molar-refractivity contribution < 1.29 is 9.59 Å². The maximum absolute atomic E-state index is 8.35. The largest absolute Gasteiger partial charge is 0.278 e. The number of unbranched alkanes of at least 4 members (excludes halogenated alkanes) is 11. The first-order valence-corrected chi connectivity index (χ1v) is 11.4. The van der Waals surface area contributed by atoms with Gasteiger partial charge in [-0.15, -0.1) is 0 Å². The molecule has 1 heterocycles. The molecular formula is C25H38N4O2. The van der Waals surface area contributed by atoms with Gasteiger partial charge >= 0.3 is 0 Å². The minimum Gasteiger partial charge on any atom is -0.278 e. The zero-order valence-electron chi connectivity index (χ0n) is 18.9. The van der Waals surface area contributed by atoms with Crippen LogP contribution in [0.15, 0.2) is 35.4 Å². The van der Waals surface area contributed by atoms with Gasteiger partial charge in [-0.1, -0.05) is 102 Å².